The molecule has 1 aromatic carbocycles. The van der Waals surface area contributed by atoms with Gasteiger partial charge in [0.1, 0.15) is 0 Å². The minimum absolute atomic E-state index is 0.0337. The Morgan fingerprint density at radius 3 is 2.67 bits per heavy atom. The van der Waals surface area contributed by atoms with E-state index < -0.39 is 0 Å². The van der Waals surface area contributed by atoms with Gasteiger partial charge in [-0.2, -0.15) is 0 Å². The third-order valence-corrected chi connectivity index (χ3v) is 2.60. The summed E-state index contributed by atoms with van der Waals surface area (Å²) in [5.41, 5.74) is 12.5. The van der Waals surface area contributed by atoms with Gasteiger partial charge in [0.25, 0.3) is 0 Å². The van der Waals surface area contributed by atoms with E-state index in [1.165, 1.54) is 4.90 Å². The summed E-state index contributed by atoms with van der Waals surface area (Å²) in [7, 11) is 0. The molecule has 0 saturated carbocycles. The fourth-order valence-corrected chi connectivity index (χ4v) is 1.77. The van der Waals surface area contributed by atoms with Crippen LogP contribution >= 0.6 is 11.8 Å². The Morgan fingerprint density at radius 2 is 2.08 bits per heavy atom. The molecule has 0 fully saturated rings. The molecule has 0 spiro atoms. The number of thioether (sulfide) groups is 1. The molecule has 0 aliphatic carbocycles. The molecule has 0 unspecified atom stereocenters. The van der Waals surface area contributed by atoms with Gasteiger partial charge in [0.05, 0.1) is 0 Å². The van der Waals surface area contributed by atoms with E-state index >= 15 is 0 Å². The zero-order valence-corrected chi connectivity index (χ0v) is 7.97. The molecule has 0 saturated heterocycles. The molecule has 0 aliphatic rings. The number of nitrogens with two attached hydrogens (primary N) is 2. The van der Waals surface area contributed by atoms with Crippen LogP contribution in [0.1, 0.15) is 11.6 Å². The van der Waals surface area contributed by atoms with Crippen LogP contribution in [0.15, 0.2) is 29.2 Å². The van der Waals surface area contributed by atoms with Gasteiger partial charge in [-0.1, -0.05) is 18.2 Å². The minimum atomic E-state index is -0.0337. The lowest BCUT2D eigenvalue weighted by atomic mass is 10.1. The molecule has 0 heterocycles. The van der Waals surface area contributed by atoms with Crippen molar-refractivity contribution in [2.45, 2.75) is 10.9 Å². The second-order valence-electron chi connectivity index (χ2n) is 2.58. The molecule has 66 valence electrons. The SMILES string of the molecule is CSc1ccccc1[C@@H](N)CN. The predicted molar refractivity (Wildman–Crippen MR) is 54.2 cm³/mol. The molecular weight excluding hydrogens is 168 g/mol. The fourth-order valence-electron chi connectivity index (χ4n) is 1.10. The molecule has 0 aromatic heterocycles. The van der Waals surface area contributed by atoms with Gasteiger partial charge in [0.15, 0.2) is 0 Å². The quantitative estimate of drug-likeness (QED) is 0.694. The summed E-state index contributed by atoms with van der Waals surface area (Å²) in [6.07, 6.45) is 2.04. The first kappa shape index (κ1) is 9.58. The first-order chi connectivity index (χ1) is 5.79. The zero-order valence-electron chi connectivity index (χ0n) is 7.16. The van der Waals surface area contributed by atoms with Crippen molar-refractivity contribution in [3.8, 4) is 0 Å². The highest BCUT2D eigenvalue weighted by molar-refractivity contribution is 7.98. The third-order valence-electron chi connectivity index (χ3n) is 1.79. The van der Waals surface area contributed by atoms with Gasteiger partial charge in [-0.05, 0) is 17.9 Å². The Morgan fingerprint density at radius 1 is 1.42 bits per heavy atom. The maximum absolute atomic E-state index is 5.83. The summed E-state index contributed by atoms with van der Waals surface area (Å²) < 4.78 is 0. The van der Waals surface area contributed by atoms with Crippen LogP contribution in [0.4, 0.5) is 0 Å². The van der Waals surface area contributed by atoms with Gasteiger partial charge < -0.3 is 11.5 Å². The first-order valence-corrected chi connectivity index (χ1v) is 5.10. The maximum atomic E-state index is 5.83. The molecule has 1 atom stereocenters. The highest BCUT2D eigenvalue weighted by Crippen LogP contribution is 2.23. The molecule has 4 N–H and O–H groups in total. The number of hydrogen-bond donors (Lipinski definition) is 2. The summed E-state index contributed by atoms with van der Waals surface area (Å²) in [6, 6.07) is 8.07. The summed E-state index contributed by atoms with van der Waals surface area (Å²) >= 11 is 1.70. The van der Waals surface area contributed by atoms with Crippen LogP contribution in [0.25, 0.3) is 0 Å². The van der Waals surface area contributed by atoms with Crippen LogP contribution in [0.5, 0.6) is 0 Å². The summed E-state index contributed by atoms with van der Waals surface area (Å²) in [4.78, 5) is 1.22. The van der Waals surface area contributed by atoms with Crippen LogP contribution in [0.3, 0.4) is 0 Å². The van der Waals surface area contributed by atoms with Crippen molar-refractivity contribution in [3.05, 3.63) is 29.8 Å². The van der Waals surface area contributed by atoms with E-state index in [1.807, 2.05) is 24.5 Å². The molecule has 2 nitrogen and oxygen atoms in total. The number of benzene rings is 1. The van der Waals surface area contributed by atoms with Crippen molar-refractivity contribution in [1.82, 2.24) is 0 Å². The van der Waals surface area contributed by atoms with Crippen LogP contribution < -0.4 is 11.5 Å². The van der Waals surface area contributed by atoms with Gasteiger partial charge >= 0.3 is 0 Å². The highest BCUT2D eigenvalue weighted by atomic mass is 32.2. The minimum Gasteiger partial charge on any atom is -0.329 e. The van der Waals surface area contributed by atoms with Crippen molar-refractivity contribution >= 4 is 11.8 Å². The lowest BCUT2D eigenvalue weighted by Gasteiger charge is -2.12. The first-order valence-electron chi connectivity index (χ1n) is 3.88. The van der Waals surface area contributed by atoms with Gasteiger partial charge in [0, 0.05) is 17.5 Å². The zero-order chi connectivity index (χ0) is 8.97. The Kier molecular flexibility index (Phi) is 3.59. The molecule has 0 amide bonds. The average molecular weight is 182 g/mol. The molecule has 0 aliphatic heterocycles. The van der Waals surface area contributed by atoms with E-state index in [4.69, 9.17) is 11.5 Å². The largest absolute Gasteiger partial charge is 0.329 e. The van der Waals surface area contributed by atoms with E-state index in [2.05, 4.69) is 6.07 Å². The highest BCUT2D eigenvalue weighted by Gasteiger charge is 2.06. The van der Waals surface area contributed by atoms with E-state index in [-0.39, 0.29) is 6.04 Å². The second kappa shape index (κ2) is 4.50. The molecule has 1 rings (SSSR count). The van der Waals surface area contributed by atoms with Crippen LogP contribution in [0.2, 0.25) is 0 Å². The van der Waals surface area contributed by atoms with E-state index in [1.54, 1.807) is 11.8 Å². The monoisotopic (exact) mass is 182 g/mol. The summed E-state index contributed by atoms with van der Waals surface area (Å²) in [5.74, 6) is 0. The third kappa shape index (κ3) is 2.00. The Bertz CT molecular complexity index is 250. The van der Waals surface area contributed by atoms with E-state index in [9.17, 15) is 0 Å². The van der Waals surface area contributed by atoms with Gasteiger partial charge in [-0.25, -0.2) is 0 Å². The van der Waals surface area contributed by atoms with E-state index in [0.717, 1.165) is 5.56 Å². The molecule has 3 heteroatoms. The van der Waals surface area contributed by atoms with Crippen LogP contribution in [-0.4, -0.2) is 12.8 Å². The predicted octanol–water partition coefficient (Wildman–Crippen LogP) is 1.37. The lowest BCUT2D eigenvalue weighted by molar-refractivity contribution is 0.723. The summed E-state index contributed by atoms with van der Waals surface area (Å²) in [5, 5.41) is 0. The number of rotatable bonds is 3. The second-order valence-corrected chi connectivity index (χ2v) is 3.43. The Hall–Kier alpha value is -0.510. The molecule has 1 aromatic rings. The van der Waals surface area contributed by atoms with Gasteiger partial charge in [-0.3, -0.25) is 0 Å². The average Bonchev–Trinajstić information content (AvgIpc) is 2.16. The van der Waals surface area contributed by atoms with Crippen molar-refractivity contribution in [3.63, 3.8) is 0 Å². The van der Waals surface area contributed by atoms with Crippen molar-refractivity contribution in [1.29, 1.82) is 0 Å². The van der Waals surface area contributed by atoms with E-state index in [0.29, 0.717) is 6.54 Å². The molecule has 0 bridgehead atoms. The fraction of sp³-hybridized carbons (Fsp3) is 0.333. The molecule has 0 radical (unpaired) electrons. The van der Waals surface area contributed by atoms with Gasteiger partial charge in [-0.15, -0.1) is 11.8 Å². The van der Waals surface area contributed by atoms with Crippen molar-refractivity contribution in [2.75, 3.05) is 12.8 Å². The van der Waals surface area contributed by atoms with Crippen LogP contribution in [-0.2, 0) is 0 Å². The normalized spacial score (nSPS) is 12.9. The van der Waals surface area contributed by atoms with Crippen molar-refractivity contribution in [2.24, 2.45) is 11.5 Å². The maximum Gasteiger partial charge on any atom is 0.0430 e. The molecular formula is C9H14N2S. The Labute approximate surface area is 77.3 Å². The standard InChI is InChI=1S/C9H14N2S/c1-12-9-5-3-2-4-7(9)8(11)6-10/h2-5,8H,6,10-11H2,1H3/t8-/m0/s1. The van der Waals surface area contributed by atoms with Gasteiger partial charge in [0.2, 0.25) is 0 Å². The smallest absolute Gasteiger partial charge is 0.0430 e. The summed E-state index contributed by atoms with van der Waals surface area (Å²) in [6.45, 7) is 0.498. The lowest BCUT2D eigenvalue weighted by Crippen LogP contribution is -2.21. The molecule has 12 heavy (non-hydrogen) atoms. The van der Waals surface area contributed by atoms with Crippen molar-refractivity contribution < 1.29 is 0 Å². The Balaban J connectivity index is 2.96. The van der Waals surface area contributed by atoms with Crippen LogP contribution in [0, 0.1) is 0 Å². The topological polar surface area (TPSA) is 52.0 Å². The number of hydrogen-bond acceptors (Lipinski definition) is 3.